The number of halogens is 1. The van der Waals surface area contributed by atoms with Crippen LogP contribution in [0.2, 0.25) is 5.15 Å². The highest BCUT2D eigenvalue weighted by atomic mass is 35.5. The lowest BCUT2D eigenvalue weighted by Gasteiger charge is -2.26. The van der Waals surface area contributed by atoms with Crippen LogP contribution in [0.5, 0.6) is 0 Å². The minimum atomic E-state index is -0.151. The average molecular weight is 473 g/mol. The Morgan fingerprint density at radius 1 is 1.12 bits per heavy atom. The number of benzene rings is 2. The van der Waals surface area contributed by atoms with Gasteiger partial charge in [-0.1, -0.05) is 59.6 Å². The lowest BCUT2D eigenvalue weighted by molar-refractivity contribution is 0.0734. The molecule has 7 heteroatoms. The molecule has 5 rings (SSSR count). The SMILES string of the molecule is Cc1ccc(C(=O)N2CCCC2Cc2nc3cc(Cl)ncc3c(=O)n2Cc2ccccc2)cc1. The molecule has 172 valence electrons. The molecule has 0 spiro atoms. The van der Waals surface area contributed by atoms with Crippen molar-refractivity contribution < 1.29 is 4.79 Å². The molecule has 4 aromatic rings. The zero-order valence-electron chi connectivity index (χ0n) is 18.9. The van der Waals surface area contributed by atoms with Crippen molar-refractivity contribution in [2.24, 2.45) is 0 Å². The Labute approximate surface area is 202 Å². The molecule has 3 heterocycles. The summed E-state index contributed by atoms with van der Waals surface area (Å²) in [5.74, 6) is 0.671. The molecular weight excluding hydrogens is 448 g/mol. The second-order valence-electron chi connectivity index (χ2n) is 8.79. The van der Waals surface area contributed by atoms with Gasteiger partial charge in [0.25, 0.3) is 11.5 Å². The van der Waals surface area contributed by atoms with Crippen LogP contribution in [-0.4, -0.2) is 37.9 Å². The fourth-order valence-electron chi connectivity index (χ4n) is 4.61. The molecule has 0 aliphatic carbocycles. The first-order chi connectivity index (χ1) is 16.5. The Morgan fingerprint density at radius 2 is 1.88 bits per heavy atom. The summed E-state index contributed by atoms with van der Waals surface area (Å²) in [6.45, 7) is 3.11. The molecule has 1 aliphatic heterocycles. The minimum absolute atomic E-state index is 0.0208. The van der Waals surface area contributed by atoms with Gasteiger partial charge in [0, 0.05) is 36.8 Å². The van der Waals surface area contributed by atoms with Gasteiger partial charge in [-0.2, -0.15) is 0 Å². The van der Waals surface area contributed by atoms with Crippen LogP contribution in [0.25, 0.3) is 10.9 Å². The number of aromatic nitrogens is 3. The second-order valence-corrected chi connectivity index (χ2v) is 9.18. The van der Waals surface area contributed by atoms with Crippen molar-refractivity contribution >= 4 is 28.4 Å². The molecule has 1 amide bonds. The van der Waals surface area contributed by atoms with Gasteiger partial charge >= 0.3 is 0 Å². The number of likely N-dealkylation sites (tertiary alicyclic amines) is 1. The van der Waals surface area contributed by atoms with Crippen LogP contribution in [0.1, 0.15) is 40.2 Å². The second kappa shape index (κ2) is 9.39. The summed E-state index contributed by atoms with van der Waals surface area (Å²) >= 11 is 6.09. The van der Waals surface area contributed by atoms with Crippen molar-refractivity contribution in [3.63, 3.8) is 0 Å². The van der Waals surface area contributed by atoms with Crippen LogP contribution in [0, 0.1) is 6.92 Å². The van der Waals surface area contributed by atoms with E-state index in [0.29, 0.717) is 47.0 Å². The highest BCUT2D eigenvalue weighted by Crippen LogP contribution is 2.24. The first kappa shape index (κ1) is 22.3. The predicted molar refractivity (Wildman–Crippen MR) is 133 cm³/mol. The molecule has 1 saturated heterocycles. The van der Waals surface area contributed by atoms with Crippen molar-refractivity contribution in [1.29, 1.82) is 0 Å². The molecule has 34 heavy (non-hydrogen) atoms. The third-order valence-corrected chi connectivity index (χ3v) is 6.63. The van der Waals surface area contributed by atoms with E-state index in [9.17, 15) is 9.59 Å². The number of carbonyl (C=O) groups is 1. The topological polar surface area (TPSA) is 68.1 Å². The summed E-state index contributed by atoms with van der Waals surface area (Å²) in [7, 11) is 0. The van der Waals surface area contributed by atoms with Crippen LogP contribution >= 0.6 is 11.6 Å². The average Bonchev–Trinajstić information content (AvgIpc) is 3.30. The number of rotatable bonds is 5. The Morgan fingerprint density at radius 3 is 2.65 bits per heavy atom. The summed E-state index contributed by atoms with van der Waals surface area (Å²) in [4.78, 5) is 37.6. The number of carbonyl (C=O) groups excluding carboxylic acids is 1. The van der Waals surface area contributed by atoms with Gasteiger partial charge in [0.05, 0.1) is 17.4 Å². The van der Waals surface area contributed by atoms with E-state index in [1.165, 1.54) is 6.20 Å². The molecule has 0 N–H and O–H groups in total. The highest BCUT2D eigenvalue weighted by Gasteiger charge is 2.31. The summed E-state index contributed by atoms with van der Waals surface area (Å²) in [5.41, 5.74) is 3.19. The molecule has 0 bridgehead atoms. The fraction of sp³-hybridized carbons (Fsp3) is 0.259. The largest absolute Gasteiger partial charge is 0.335 e. The maximum atomic E-state index is 13.5. The minimum Gasteiger partial charge on any atom is -0.335 e. The first-order valence-electron chi connectivity index (χ1n) is 11.5. The van der Waals surface area contributed by atoms with Gasteiger partial charge in [0.15, 0.2) is 0 Å². The van der Waals surface area contributed by atoms with E-state index in [1.807, 2.05) is 66.4 Å². The Kier molecular flexibility index (Phi) is 6.16. The lowest BCUT2D eigenvalue weighted by atomic mass is 10.1. The maximum Gasteiger partial charge on any atom is 0.263 e. The quantitative estimate of drug-likeness (QED) is 0.396. The summed E-state index contributed by atoms with van der Waals surface area (Å²) in [5, 5.41) is 0.728. The van der Waals surface area contributed by atoms with Crippen LogP contribution in [-0.2, 0) is 13.0 Å². The molecule has 2 aromatic heterocycles. The molecular formula is C27H25ClN4O2. The summed E-state index contributed by atoms with van der Waals surface area (Å²) in [6, 6.07) is 19.1. The van der Waals surface area contributed by atoms with Gasteiger partial charge in [-0.25, -0.2) is 9.97 Å². The monoisotopic (exact) mass is 472 g/mol. The molecule has 1 aliphatic rings. The van der Waals surface area contributed by atoms with E-state index >= 15 is 0 Å². The van der Waals surface area contributed by atoms with Crippen LogP contribution in [0.4, 0.5) is 0 Å². The Hall–Kier alpha value is -3.51. The maximum absolute atomic E-state index is 13.5. The zero-order chi connectivity index (χ0) is 23.7. The fourth-order valence-corrected chi connectivity index (χ4v) is 4.76. The molecule has 2 aromatic carbocycles. The van der Waals surface area contributed by atoms with E-state index in [-0.39, 0.29) is 17.5 Å². The molecule has 6 nitrogen and oxygen atoms in total. The van der Waals surface area contributed by atoms with Crippen molar-refractivity contribution in [2.75, 3.05) is 6.54 Å². The van der Waals surface area contributed by atoms with Gasteiger partial charge in [0.1, 0.15) is 11.0 Å². The van der Waals surface area contributed by atoms with Gasteiger partial charge in [-0.3, -0.25) is 14.2 Å². The van der Waals surface area contributed by atoms with Crippen molar-refractivity contribution in [2.45, 2.75) is 38.8 Å². The molecule has 1 atom stereocenters. The molecule has 0 radical (unpaired) electrons. The standard InChI is InChI=1S/C27H25ClN4O2/c1-18-9-11-20(12-10-18)26(33)31-13-5-8-21(31)14-25-30-23-15-24(28)29-16-22(23)27(34)32(25)17-19-6-3-2-4-7-19/h2-4,6-7,9-12,15-16,21H,5,8,13-14,17H2,1H3. The van der Waals surface area contributed by atoms with Crippen LogP contribution in [0.15, 0.2) is 71.7 Å². The van der Waals surface area contributed by atoms with E-state index in [4.69, 9.17) is 16.6 Å². The van der Waals surface area contributed by atoms with Crippen LogP contribution < -0.4 is 5.56 Å². The van der Waals surface area contributed by atoms with Gasteiger partial charge in [-0.05, 0) is 37.5 Å². The molecule has 1 unspecified atom stereocenters. The molecule has 1 fully saturated rings. The molecule has 0 saturated carbocycles. The van der Waals surface area contributed by atoms with E-state index in [1.54, 1.807) is 10.6 Å². The van der Waals surface area contributed by atoms with E-state index in [0.717, 1.165) is 24.0 Å². The predicted octanol–water partition coefficient (Wildman–Crippen LogP) is 4.65. The number of amides is 1. The third-order valence-electron chi connectivity index (χ3n) is 6.42. The van der Waals surface area contributed by atoms with Gasteiger partial charge < -0.3 is 4.90 Å². The normalized spacial score (nSPS) is 15.7. The number of fused-ring (bicyclic) bond motifs is 1. The Bertz CT molecular complexity index is 1400. The van der Waals surface area contributed by atoms with Crippen molar-refractivity contribution in [3.8, 4) is 0 Å². The highest BCUT2D eigenvalue weighted by molar-refractivity contribution is 6.29. The van der Waals surface area contributed by atoms with Gasteiger partial charge in [-0.15, -0.1) is 0 Å². The van der Waals surface area contributed by atoms with Gasteiger partial charge in [0.2, 0.25) is 0 Å². The summed E-state index contributed by atoms with van der Waals surface area (Å²) < 4.78 is 1.71. The number of aryl methyl sites for hydroxylation is 1. The number of hydrogen-bond donors (Lipinski definition) is 0. The van der Waals surface area contributed by atoms with Crippen molar-refractivity contribution in [3.05, 3.63) is 105 Å². The van der Waals surface area contributed by atoms with Crippen LogP contribution in [0.3, 0.4) is 0 Å². The Balaban J connectivity index is 1.52. The summed E-state index contributed by atoms with van der Waals surface area (Å²) in [6.07, 6.45) is 3.78. The number of hydrogen-bond acceptors (Lipinski definition) is 4. The lowest BCUT2D eigenvalue weighted by Crippen LogP contribution is -2.38. The van der Waals surface area contributed by atoms with E-state index in [2.05, 4.69) is 4.98 Å². The smallest absolute Gasteiger partial charge is 0.263 e. The van der Waals surface area contributed by atoms with E-state index < -0.39 is 0 Å². The first-order valence-corrected chi connectivity index (χ1v) is 11.8. The van der Waals surface area contributed by atoms with Crippen molar-refractivity contribution in [1.82, 2.24) is 19.4 Å². The number of nitrogens with zero attached hydrogens (tertiary/aromatic N) is 4. The third kappa shape index (κ3) is 4.46. The number of pyridine rings is 1. The zero-order valence-corrected chi connectivity index (χ0v) is 19.7.